The lowest BCUT2D eigenvalue weighted by Crippen LogP contribution is -1.96. The monoisotopic (exact) mass is 154 g/mol. The third-order valence-electron chi connectivity index (χ3n) is 1.59. The normalized spacial score (nSPS) is 9.55. The van der Waals surface area contributed by atoms with Crippen molar-refractivity contribution in [2.75, 3.05) is 6.61 Å². The number of aliphatic hydroxyl groups excluding tert-OH is 1. The SMILES string of the molecule is CCCC=C=C(CO)C(C)C. The van der Waals surface area contributed by atoms with E-state index in [-0.39, 0.29) is 6.61 Å². The molecule has 0 saturated carbocycles. The van der Waals surface area contributed by atoms with Gasteiger partial charge in [-0.05, 0) is 24.0 Å². The maximum absolute atomic E-state index is 8.88. The van der Waals surface area contributed by atoms with Gasteiger partial charge in [-0.15, -0.1) is 5.73 Å². The molecule has 0 aliphatic heterocycles. The molecule has 64 valence electrons. The van der Waals surface area contributed by atoms with Crippen LogP contribution < -0.4 is 0 Å². The van der Waals surface area contributed by atoms with Crippen molar-refractivity contribution in [2.45, 2.75) is 33.6 Å². The lowest BCUT2D eigenvalue weighted by Gasteiger charge is -2.02. The summed E-state index contributed by atoms with van der Waals surface area (Å²) in [7, 11) is 0. The molecule has 0 radical (unpaired) electrons. The number of rotatable bonds is 4. The third kappa shape index (κ3) is 4.83. The van der Waals surface area contributed by atoms with Gasteiger partial charge >= 0.3 is 0 Å². The molecule has 0 unspecified atom stereocenters. The van der Waals surface area contributed by atoms with Crippen LogP contribution in [0.15, 0.2) is 17.4 Å². The van der Waals surface area contributed by atoms with Gasteiger partial charge in [0.25, 0.3) is 0 Å². The zero-order valence-electron chi connectivity index (χ0n) is 7.72. The summed E-state index contributed by atoms with van der Waals surface area (Å²) in [6.45, 7) is 6.40. The maximum atomic E-state index is 8.88. The van der Waals surface area contributed by atoms with Crippen molar-refractivity contribution in [3.8, 4) is 0 Å². The lowest BCUT2D eigenvalue weighted by atomic mass is 10.1. The van der Waals surface area contributed by atoms with Crippen LogP contribution in [0.2, 0.25) is 0 Å². The van der Waals surface area contributed by atoms with Crippen LogP contribution in [0.4, 0.5) is 0 Å². The van der Waals surface area contributed by atoms with E-state index in [4.69, 9.17) is 5.11 Å². The van der Waals surface area contributed by atoms with E-state index in [1.54, 1.807) is 0 Å². The zero-order valence-corrected chi connectivity index (χ0v) is 7.72. The Kier molecular flexibility index (Phi) is 5.91. The van der Waals surface area contributed by atoms with Crippen LogP contribution in [0.25, 0.3) is 0 Å². The summed E-state index contributed by atoms with van der Waals surface area (Å²) < 4.78 is 0. The molecule has 0 aromatic heterocycles. The van der Waals surface area contributed by atoms with E-state index in [1.165, 1.54) is 0 Å². The summed E-state index contributed by atoms with van der Waals surface area (Å²) in [5.74, 6) is 0.410. The zero-order chi connectivity index (χ0) is 8.69. The summed E-state index contributed by atoms with van der Waals surface area (Å²) in [6, 6.07) is 0. The molecule has 0 atom stereocenters. The maximum Gasteiger partial charge on any atom is 0.0718 e. The number of hydrogen-bond donors (Lipinski definition) is 1. The van der Waals surface area contributed by atoms with Crippen molar-refractivity contribution in [1.82, 2.24) is 0 Å². The highest BCUT2D eigenvalue weighted by Gasteiger charge is 1.97. The van der Waals surface area contributed by atoms with E-state index in [1.807, 2.05) is 6.08 Å². The van der Waals surface area contributed by atoms with Gasteiger partial charge in [-0.3, -0.25) is 0 Å². The summed E-state index contributed by atoms with van der Waals surface area (Å²) in [5.41, 5.74) is 4.11. The molecule has 11 heavy (non-hydrogen) atoms. The second kappa shape index (κ2) is 6.21. The lowest BCUT2D eigenvalue weighted by molar-refractivity contribution is 0.319. The van der Waals surface area contributed by atoms with Crippen LogP contribution in [0, 0.1) is 5.92 Å². The molecule has 1 N–H and O–H groups in total. The largest absolute Gasteiger partial charge is 0.391 e. The Morgan fingerprint density at radius 3 is 2.55 bits per heavy atom. The molecule has 0 saturated heterocycles. The van der Waals surface area contributed by atoms with Crippen molar-refractivity contribution in [3.63, 3.8) is 0 Å². The second-order valence-corrected chi connectivity index (χ2v) is 2.98. The molecule has 0 fully saturated rings. The minimum Gasteiger partial charge on any atom is -0.391 e. The smallest absolute Gasteiger partial charge is 0.0718 e. The van der Waals surface area contributed by atoms with Gasteiger partial charge in [0.2, 0.25) is 0 Å². The van der Waals surface area contributed by atoms with Crippen molar-refractivity contribution in [2.24, 2.45) is 5.92 Å². The van der Waals surface area contributed by atoms with Crippen LogP contribution >= 0.6 is 0 Å². The third-order valence-corrected chi connectivity index (χ3v) is 1.59. The molecule has 0 aromatic carbocycles. The molecule has 1 heteroatoms. The van der Waals surface area contributed by atoms with Gasteiger partial charge in [-0.2, -0.15) is 0 Å². The van der Waals surface area contributed by atoms with Crippen LogP contribution in [0.1, 0.15) is 33.6 Å². The van der Waals surface area contributed by atoms with E-state index in [9.17, 15) is 0 Å². The average Bonchev–Trinajstić information content (AvgIpc) is 1.97. The Labute approximate surface area is 69.4 Å². The minimum atomic E-state index is 0.137. The fourth-order valence-electron chi connectivity index (χ4n) is 0.742. The summed E-state index contributed by atoms with van der Waals surface area (Å²) in [4.78, 5) is 0. The van der Waals surface area contributed by atoms with Crippen LogP contribution in [0.3, 0.4) is 0 Å². The topological polar surface area (TPSA) is 20.2 Å². The summed E-state index contributed by atoms with van der Waals surface area (Å²) in [6.07, 6.45) is 4.20. The van der Waals surface area contributed by atoms with E-state index >= 15 is 0 Å². The van der Waals surface area contributed by atoms with Gasteiger partial charge in [-0.1, -0.05) is 27.2 Å². The quantitative estimate of drug-likeness (QED) is 0.617. The van der Waals surface area contributed by atoms with Crippen LogP contribution in [-0.2, 0) is 0 Å². The predicted molar refractivity (Wildman–Crippen MR) is 48.4 cm³/mol. The first-order valence-corrected chi connectivity index (χ1v) is 4.27. The fourth-order valence-corrected chi connectivity index (χ4v) is 0.742. The predicted octanol–water partition coefficient (Wildman–Crippen LogP) is 2.52. The fraction of sp³-hybridized carbons (Fsp3) is 0.700. The van der Waals surface area contributed by atoms with Crippen molar-refractivity contribution in [1.29, 1.82) is 0 Å². The Hall–Kier alpha value is -0.520. The van der Waals surface area contributed by atoms with E-state index in [0.717, 1.165) is 18.4 Å². The van der Waals surface area contributed by atoms with Crippen LogP contribution in [0.5, 0.6) is 0 Å². The molecule has 0 aliphatic carbocycles. The Balaban J connectivity index is 4.10. The summed E-state index contributed by atoms with van der Waals surface area (Å²) in [5, 5.41) is 8.88. The molecule has 0 rings (SSSR count). The van der Waals surface area contributed by atoms with Crippen LogP contribution in [-0.4, -0.2) is 11.7 Å². The van der Waals surface area contributed by atoms with Gasteiger partial charge in [0, 0.05) is 0 Å². The van der Waals surface area contributed by atoms with Gasteiger partial charge in [-0.25, -0.2) is 0 Å². The highest BCUT2D eigenvalue weighted by molar-refractivity contribution is 5.04. The average molecular weight is 154 g/mol. The first kappa shape index (κ1) is 10.5. The van der Waals surface area contributed by atoms with Crippen molar-refractivity contribution in [3.05, 3.63) is 17.4 Å². The standard InChI is InChI=1S/C10H18O/c1-4-5-6-7-10(8-11)9(2)3/h6,9,11H,4-5,8H2,1-3H3. The van der Waals surface area contributed by atoms with Crippen molar-refractivity contribution < 1.29 is 5.11 Å². The van der Waals surface area contributed by atoms with Gasteiger partial charge in [0.1, 0.15) is 0 Å². The molecule has 0 bridgehead atoms. The molecule has 0 heterocycles. The second-order valence-electron chi connectivity index (χ2n) is 2.98. The molecule has 1 nitrogen and oxygen atoms in total. The molecule has 0 aromatic rings. The van der Waals surface area contributed by atoms with E-state index < -0.39 is 0 Å². The summed E-state index contributed by atoms with van der Waals surface area (Å²) >= 11 is 0. The van der Waals surface area contributed by atoms with E-state index in [0.29, 0.717) is 5.92 Å². The molecular formula is C10H18O. The molecule has 0 spiro atoms. The van der Waals surface area contributed by atoms with Crippen molar-refractivity contribution >= 4 is 0 Å². The first-order valence-electron chi connectivity index (χ1n) is 4.27. The Morgan fingerprint density at radius 2 is 2.18 bits per heavy atom. The molecular weight excluding hydrogens is 136 g/mol. The highest BCUT2D eigenvalue weighted by Crippen LogP contribution is 2.06. The Bertz CT molecular complexity index is 150. The van der Waals surface area contributed by atoms with E-state index in [2.05, 4.69) is 26.5 Å². The number of unbranched alkanes of at least 4 members (excludes halogenated alkanes) is 1. The first-order chi connectivity index (χ1) is 5.22. The van der Waals surface area contributed by atoms with Gasteiger partial charge in [0.05, 0.1) is 6.61 Å². The highest BCUT2D eigenvalue weighted by atomic mass is 16.3. The minimum absolute atomic E-state index is 0.137. The molecule has 0 aliphatic rings. The molecule has 0 amide bonds. The number of aliphatic hydroxyl groups is 1. The number of hydrogen-bond acceptors (Lipinski definition) is 1. The Morgan fingerprint density at radius 1 is 1.55 bits per heavy atom. The van der Waals surface area contributed by atoms with Gasteiger partial charge < -0.3 is 5.11 Å². The van der Waals surface area contributed by atoms with Gasteiger partial charge in [0.15, 0.2) is 0 Å².